The van der Waals surface area contributed by atoms with Gasteiger partial charge in [-0.3, -0.25) is 4.72 Å². The monoisotopic (exact) mass is 359 g/mol. The highest BCUT2D eigenvalue weighted by atomic mass is 32.2. The predicted molar refractivity (Wildman–Crippen MR) is 77.9 cm³/mol. The van der Waals surface area contributed by atoms with E-state index in [1.807, 2.05) is 0 Å². The molecule has 1 heterocycles. The molecule has 0 unspecified atom stereocenters. The Morgan fingerprint density at radius 2 is 1.67 bits per heavy atom. The van der Waals surface area contributed by atoms with Crippen LogP contribution < -0.4 is 9.46 Å². The van der Waals surface area contributed by atoms with Gasteiger partial charge in [-0.1, -0.05) is 0 Å². The molecule has 24 heavy (non-hydrogen) atoms. The quantitative estimate of drug-likeness (QED) is 0.887. The van der Waals surface area contributed by atoms with Gasteiger partial charge in [-0.15, -0.1) is 13.2 Å². The second-order valence-corrected chi connectivity index (χ2v) is 6.91. The van der Waals surface area contributed by atoms with E-state index in [0.29, 0.717) is 11.7 Å². The van der Waals surface area contributed by atoms with Crippen LogP contribution >= 0.6 is 0 Å². The molecule has 1 aliphatic rings. The predicted octanol–water partition coefficient (Wildman–Crippen LogP) is 3.05. The molecule has 128 valence electrons. The minimum Gasteiger partial charge on any atom is -0.406 e. The molecular formula is C14H12F3N3O3S. The molecule has 0 amide bonds. The Morgan fingerprint density at radius 1 is 1.08 bits per heavy atom. The van der Waals surface area contributed by atoms with Crippen LogP contribution in [0.4, 0.5) is 18.9 Å². The van der Waals surface area contributed by atoms with E-state index in [4.69, 9.17) is 0 Å². The molecule has 3 rings (SSSR count). The van der Waals surface area contributed by atoms with Crippen LogP contribution in [0.1, 0.15) is 24.6 Å². The van der Waals surface area contributed by atoms with Crippen LogP contribution in [0.25, 0.3) is 0 Å². The third-order valence-electron chi connectivity index (χ3n) is 3.23. The van der Waals surface area contributed by atoms with Gasteiger partial charge in [0.2, 0.25) is 0 Å². The van der Waals surface area contributed by atoms with Crippen molar-refractivity contribution in [2.24, 2.45) is 0 Å². The first-order valence-corrected chi connectivity index (χ1v) is 8.42. The lowest BCUT2D eigenvalue weighted by Gasteiger charge is -2.10. The number of benzene rings is 1. The Kier molecular flexibility index (Phi) is 4.08. The number of sulfonamides is 1. The fourth-order valence-electron chi connectivity index (χ4n) is 1.98. The standard InChI is InChI=1S/C14H12F3N3O3S/c15-14(16,17)23-11-3-5-12(6-4-11)24(21,22)20-10-7-18-13(19-8-10)9-1-2-9/h3-9,20H,1-2H2. The molecule has 6 nitrogen and oxygen atoms in total. The zero-order chi connectivity index (χ0) is 17.4. The maximum atomic E-state index is 12.2. The van der Waals surface area contributed by atoms with Crippen LogP contribution in [0.5, 0.6) is 5.75 Å². The Bertz CT molecular complexity index is 817. The van der Waals surface area contributed by atoms with Gasteiger partial charge in [-0.05, 0) is 37.1 Å². The maximum absolute atomic E-state index is 12.2. The lowest BCUT2D eigenvalue weighted by Crippen LogP contribution is -2.17. The summed E-state index contributed by atoms with van der Waals surface area (Å²) in [4.78, 5) is 7.97. The van der Waals surface area contributed by atoms with Gasteiger partial charge in [0.1, 0.15) is 11.6 Å². The van der Waals surface area contributed by atoms with E-state index < -0.39 is 22.1 Å². The number of anilines is 1. The summed E-state index contributed by atoms with van der Waals surface area (Å²) in [5, 5.41) is 0. The van der Waals surface area contributed by atoms with Gasteiger partial charge in [0.15, 0.2) is 0 Å². The Hall–Kier alpha value is -2.36. The zero-order valence-electron chi connectivity index (χ0n) is 12.1. The second-order valence-electron chi connectivity index (χ2n) is 5.23. The van der Waals surface area contributed by atoms with Crippen LogP contribution in [-0.4, -0.2) is 24.7 Å². The summed E-state index contributed by atoms with van der Waals surface area (Å²) in [6.07, 6.45) is -0.0627. The first kappa shape index (κ1) is 16.5. The molecule has 0 bridgehead atoms. The molecule has 1 aromatic carbocycles. The number of alkyl halides is 3. The number of hydrogen-bond donors (Lipinski definition) is 1. The molecule has 0 atom stereocenters. The molecular weight excluding hydrogens is 347 g/mol. The van der Waals surface area contributed by atoms with Crippen molar-refractivity contribution in [3.63, 3.8) is 0 Å². The van der Waals surface area contributed by atoms with Crippen molar-refractivity contribution >= 4 is 15.7 Å². The minimum atomic E-state index is -4.83. The third kappa shape index (κ3) is 4.13. The SMILES string of the molecule is O=S(=O)(Nc1cnc(C2CC2)nc1)c1ccc(OC(F)(F)F)cc1. The van der Waals surface area contributed by atoms with E-state index in [1.165, 1.54) is 12.4 Å². The van der Waals surface area contributed by atoms with Crippen LogP contribution in [0, 0.1) is 0 Å². The van der Waals surface area contributed by atoms with E-state index in [-0.39, 0.29) is 10.6 Å². The number of nitrogens with zero attached hydrogens (tertiary/aromatic N) is 2. The van der Waals surface area contributed by atoms with Gasteiger partial charge >= 0.3 is 6.36 Å². The van der Waals surface area contributed by atoms with Crippen LogP contribution in [0.3, 0.4) is 0 Å². The van der Waals surface area contributed by atoms with Crippen molar-refractivity contribution in [2.45, 2.75) is 30.0 Å². The van der Waals surface area contributed by atoms with Gasteiger partial charge < -0.3 is 4.74 Å². The van der Waals surface area contributed by atoms with Crippen LogP contribution in [0.2, 0.25) is 0 Å². The molecule has 1 N–H and O–H groups in total. The number of rotatable bonds is 5. The van der Waals surface area contributed by atoms with Crippen molar-refractivity contribution in [1.82, 2.24) is 9.97 Å². The van der Waals surface area contributed by atoms with Gasteiger partial charge in [-0.25, -0.2) is 18.4 Å². The van der Waals surface area contributed by atoms with Crippen molar-refractivity contribution in [3.05, 3.63) is 42.5 Å². The number of hydrogen-bond acceptors (Lipinski definition) is 5. The fourth-order valence-corrected chi connectivity index (χ4v) is 3.01. The average molecular weight is 359 g/mol. The lowest BCUT2D eigenvalue weighted by molar-refractivity contribution is -0.274. The fraction of sp³-hybridized carbons (Fsp3) is 0.286. The molecule has 0 aliphatic heterocycles. The van der Waals surface area contributed by atoms with Gasteiger partial charge in [0, 0.05) is 5.92 Å². The molecule has 1 aromatic heterocycles. The van der Waals surface area contributed by atoms with Crippen molar-refractivity contribution in [3.8, 4) is 5.75 Å². The first-order valence-electron chi connectivity index (χ1n) is 6.93. The molecule has 0 radical (unpaired) electrons. The van der Waals surface area contributed by atoms with Crippen LogP contribution in [0.15, 0.2) is 41.6 Å². The number of ether oxygens (including phenoxy) is 1. The summed E-state index contributed by atoms with van der Waals surface area (Å²) in [5.74, 6) is 0.516. The summed E-state index contributed by atoms with van der Waals surface area (Å²) >= 11 is 0. The smallest absolute Gasteiger partial charge is 0.406 e. The topological polar surface area (TPSA) is 81.2 Å². The lowest BCUT2D eigenvalue weighted by atomic mass is 10.3. The molecule has 0 spiro atoms. The Labute approximate surface area is 135 Å². The highest BCUT2D eigenvalue weighted by Crippen LogP contribution is 2.37. The Balaban J connectivity index is 1.72. The summed E-state index contributed by atoms with van der Waals surface area (Å²) in [7, 11) is -3.96. The first-order chi connectivity index (χ1) is 11.2. The molecule has 2 aromatic rings. The number of halogens is 3. The zero-order valence-corrected chi connectivity index (χ0v) is 12.9. The summed E-state index contributed by atoms with van der Waals surface area (Å²) < 4.78 is 66.6. The number of nitrogens with one attached hydrogen (secondary N) is 1. The van der Waals surface area contributed by atoms with E-state index in [2.05, 4.69) is 19.4 Å². The van der Waals surface area contributed by atoms with E-state index in [9.17, 15) is 21.6 Å². The average Bonchev–Trinajstić information content (AvgIpc) is 3.31. The van der Waals surface area contributed by atoms with Crippen molar-refractivity contribution < 1.29 is 26.3 Å². The molecule has 1 aliphatic carbocycles. The molecule has 1 fully saturated rings. The molecule has 1 saturated carbocycles. The highest BCUT2D eigenvalue weighted by molar-refractivity contribution is 7.92. The third-order valence-corrected chi connectivity index (χ3v) is 4.63. The Morgan fingerprint density at radius 3 is 2.17 bits per heavy atom. The van der Waals surface area contributed by atoms with Gasteiger partial charge in [0.05, 0.1) is 23.0 Å². The maximum Gasteiger partial charge on any atom is 0.573 e. The van der Waals surface area contributed by atoms with E-state index in [0.717, 1.165) is 37.1 Å². The molecule has 10 heteroatoms. The highest BCUT2D eigenvalue weighted by Gasteiger charge is 2.31. The minimum absolute atomic E-state index is 0.176. The van der Waals surface area contributed by atoms with E-state index >= 15 is 0 Å². The van der Waals surface area contributed by atoms with E-state index in [1.54, 1.807) is 0 Å². The largest absolute Gasteiger partial charge is 0.573 e. The van der Waals surface area contributed by atoms with Crippen molar-refractivity contribution in [1.29, 1.82) is 0 Å². The van der Waals surface area contributed by atoms with Crippen LogP contribution in [-0.2, 0) is 10.0 Å². The second kappa shape index (κ2) is 5.93. The summed E-state index contributed by atoms with van der Waals surface area (Å²) in [6.45, 7) is 0. The summed E-state index contributed by atoms with van der Waals surface area (Å²) in [6, 6.07) is 3.88. The normalized spacial score (nSPS) is 15.1. The molecule has 0 saturated heterocycles. The van der Waals surface area contributed by atoms with Gasteiger partial charge in [-0.2, -0.15) is 0 Å². The van der Waals surface area contributed by atoms with Gasteiger partial charge in [0.25, 0.3) is 10.0 Å². The number of aromatic nitrogens is 2. The van der Waals surface area contributed by atoms with Crippen molar-refractivity contribution in [2.75, 3.05) is 4.72 Å². The summed E-state index contributed by atoms with van der Waals surface area (Å²) in [5.41, 5.74) is 0.176.